The third-order valence-corrected chi connectivity index (χ3v) is 7.18. The van der Waals surface area contributed by atoms with Crippen molar-refractivity contribution in [3.8, 4) is 11.1 Å². The Morgan fingerprint density at radius 1 is 0.943 bits per heavy atom. The molecular weight excluding hydrogens is 440 g/mol. The van der Waals surface area contributed by atoms with Crippen LogP contribution in [0.2, 0.25) is 0 Å². The third kappa shape index (κ3) is 3.83. The Balaban J connectivity index is 1.38. The van der Waals surface area contributed by atoms with Gasteiger partial charge in [0.05, 0.1) is 36.2 Å². The number of amides is 1. The molecule has 3 aromatic rings. The average Bonchev–Trinajstić information content (AvgIpc) is 3.51. The molecule has 2 heterocycles. The van der Waals surface area contributed by atoms with E-state index < -0.39 is 5.97 Å². The van der Waals surface area contributed by atoms with Crippen molar-refractivity contribution < 1.29 is 14.7 Å². The number of carboxylic acid groups (broad SMARTS) is 1. The van der Waals surface area contributed by atoms with Crippen LogP contribution in [0.15, 0.2) is 71.8 Å². The maximum absolute atomic E-state index is 13.2. The van der Waals surface area contributed by atoms with Gasteiger partial charge in [0, 0.05) is 17.9 Å². The molecule has 2 aliphatic heterocycles. The normalized spacial score (nSPS) is 19.7. The summed E-state index contributed by atoms with van der Waals surface area (Å²) >= 11 is 0. The Hall–Kier alpha value is -4.13. The quantitative estimate of drug-likeness (QED) is 0.499. The van der Waals surface area contributed by atoms with Crippen LogP contribution in [-0.2, 0) is 16.0 Å². The van der Waals surface area contributed by atoms with Crippen LogP contribution in [-0.4, -0.2) is 34.4 Å². The number of carboxylic acids is 1. The first-order valence-electron chi connectivity index (χ1n) is 12.0. The van der Waals surface area contributed by atoms with Gasteiger partial charge >= 0.3 is 5.97 Å². The average molecular weight is 467 g/mol. The second-order valence-corrected chi connectivity index (χ2v) is 9.28. The number of hydrazone groups is 1. The SMILES string of the molecule is O=C(O)CCC(=O)N1N=C2c3ccc(-c4ccccc4)cc3CCC2C1c1ccc2c(c1)NCN2. The molecule has 7 heteroatoms. The van der Waals surface area contributed by atoms with Crippen molar-refractivity contribution in [3.63, 3.8) is 0 Å². The highest BCUT2D eigenvalue weighted by Gasteiger charge is 2.44. The van der Waals surface area contributed by atoms with Crippen molar-refractivity contribution >= 4 is 29.0 Å². The number of aliphatic carboxylic acids is 1. The van der Waals surface area contributed by atoms with E-state index in [1.54, 1.807) is 5.01 Å². The lowest BCUT2D eigenvalue weighted by Gasteiger charge is -2.30. The monoisotopic (exact) mass is 466 g/mol. The Labute approximate surface area is 203 Å². The number of hydrogen-bond acceptors (Lipinski definition) is 5. The highest BCUT2D eigenvalue weighted by atomic mass is 16.4. The summed E-state index contributed by atoms with van der Waals surface area (Å²) in [5.41, 5.74) is 8.65. The molecule has 7 nitrogen and oxygen atoms in total. The zero-order valence-electron chi connectivity index (χ0n) is 19.2. The first-order valence-corrected chi connectivity index (χ1v) is 12.0. The number of nitrogens with one attached hydrogen (secondary N) is 2. The molecular formula is C28H26N4O3. The van der Waals surface area contributed by atoms with Gasteiger partial charge in [-0.3, -0.25) is 9.59 Å². The largest absolute Gasteiger partial charge is 0.481 e. The maximum Gasteiger partial charge on any atom is 0.303 e. The molecule has 1 amide bonds. The lowest BCUT2D eigenvalue weighted by molar-refractivity contribution is -0.141. The van der Waals surface area contributed by atoms with Gasteiger partial charge in [-0.05, 0) is 47.2 Å². The van der Waals surface area contributed by atoms with Crippen LogP contribution in [0.25, 0.3) is 11.1 Å². The van der Waals surface area contributed by atoms with E-state index in [0.29, 0.717) is 6.67 Å². The number of anilines is 2. The summed E-state index contributed by atoms with van der Waals surface area (Å²) in [6, 6.07) is 22.7. The fraction of sp³-hybridized carbons (Fsp3) is 0.250. The summed E-state index contributed by atoms with van der Waals surface area (Å²) in [7, 11) is 0. The van der Waals surface area contributed by atoms with Crippen molar-refractivity contribution in [2.45, 2.75) is 31.7 Å². The second kappa shape index (κ2) is 8.58. The van der Waals surface area contributed by atoms with Gasteiger partial charge in [-0.15, -0.1) is 0 Å². The highest BCUT2D eigenvalue weighted by molar-refractivity contribution is 6.07. The number of carbonyl (C=O) groups excluding carboxylic acids is 1. The van der Waals surface area contributed by atoms with Crippen LogP contribution in [0.3, 0.4) is 0 Å². The van der Waals surface area contributed by atoms with Crippen LogP contribution in [0, 0.1) is 5.92 Å². The van der Waals surface area contributed by atoms with Crippen LogP contribution in [0.1, 0.15) is 42.0 Å². The fourth-order valence-corrected chi connectivity index (χ4v) is 5.49. The second-order valence-electron chi connectivity index (χ2n) is 9.28. The summed E-state index contributed by atoms with van der Waals surface area (Å²) in [4.78, 5) is 24.3. The molecule has 2 atom stereocenters. The van der Waals surface area contributed by atoms with E-state index in [2.05, 4.69) is 47.0 Å². The lowest BCUT2D eigenvalue weighted by Crippen LogP contribution is -2.32. The van der Waals surface area contributed by atoms with Gasteiger partial charge in [0.25, 0.3) is 0 Å². The fourth-order valence-electron chi connectivity index (χ4n) is 5.49. The zero-order valence-corrected chi connectivity index (χ0v) is 19.2. The molecule has 176 valence electrons. The van der Waals surface area contributed by atoms with Gasteiger partial charge in [-0.1, -0.05) is 54.6 Å². The molecule has 0 bridgehead atoms. The predicted octanol–water partition coefficient (Wildman–Crippen LogP) is 4.86. The van der Waals surface area contributed by atoms with Crippen LogP contribution in [0.5, 0.6) is 0 Å². The van der Waals surface area contributed by atoms with Gasteiger partial charge in [-0.2, -0.15) is 5.10 Å². The number of rotatable bonds is 5. The molecule has 0 spiro atoms. The van der Waals surface area contributed by atoms with Gasteiger partial charge < -0.3 is 15.7 Å². The third-order valence-electron chi connectivity index (χ3n) is 7.18. The number of aryl methyl sites for hydroxylation is 1. The molecule has 0 saturated carbocycles. The van der Waals surface area contributed by atoms with E-state index >= 15 is 0 Å². The van der Waals surface area contributed by atoms with E-state index in [-0.39, 0.29) is 30.7 Å². The van der Waals surface area contributed by atoms with Crippen LogP contribution < -0.4 is 10.6 Å². The molecule has 0 radical (unpaired) electrons. The lowest BCUT2D eigenvalue weighted by atomic mass is 9.76. The molecule has 3 N–H and O–H groups in total. The topological polar surface area (TPSA) is 94.0 Å². The van der Waals surface area contributed by atoms with Crippen molar-refractivity contribution in [2.24, 2.45) is 11.0 Å². The van der Waals surface area contributed by atoms with E-state index in [1.165, 1.54) is 16.7 Å². The minimum absolute atomic E-state index is 0.0614. The van der Waals surface area contributed by atoms with Crippen molar-refractivity contribution in [1.82, 2.24) is 5.01 Å². The number of benzene rings is 3. The summed E-state index contributed by atoms with van der Waals surface area (Å²) in [6.45, 7) is 0.674. The predicted molar refractivity (Wildman–Crippen MR) is 135 cm³/mol. The molecule has 0 aromatic heterocycles. The van der Waals surface area contributed by atoms with Gasteiger partial charge in [0.1, 0.15) is 0 Å². The Kier molecular flexibility index (Phi) is 5.25. The van der Waals surface area contributed by atoms with E-state index in [9.17, 15) is 9.59 Å². The van der Waals surface area contributed by atoms with Gasteiger partial charge in [0.15, 0.2) is 0 Å². The summed E-state index contributed by atoms with van der Waals surface area (Å²) in [5, 5.41) is 22.1. The maximum atomic E-state index is 13.2. The minimum Gasteiger partial charge on any atom is -0.481 e. The molecule has 35 heavy (non-hydrogen) atoms. The van der Waals surface area contributed by atoms with Crippen LogP contribution in [0.4, 0.5) is 11.4 Å². The molecule has 3 aromatic carbocycles. The van der Waals surface area contributed by atoms with Gasteiger partial charge in [-0.25, -0.2) is 5.01 Å². The van der Waals surface area contributed by atoms with E-state index in [1.807, 2.05) is 30.3 Å². The van der Waals surface area contributed by atoms with Crippen molar-refractivity contribution in [3.05, 3.63) is 83.4 Å². The number of nitrogens with zero attached hydrogens (tertiary/aromatic N) is 2. The number of fused-ring (bicyclic) bond motifs is 4. The molecule has 1 aliphatic carbocycles. The molecule has 0 saturated heterocycles. The van der Waals surface area contributed by atoms with E-state index in [4.69, 9.17) is 10.2 Å². The summed E-state index contributed by atoms with van der Waals surface area (Å²) < 4.78 is 0. The molecule has 2 unspecified atom stereocenters. The number of hydrogen-bond donors (Lipinski definition) is 3. The number of carbonyl (C=O) groups is 2. The summed E-state index contributed by atoms with van der Waals surface area (Å²) in [6.07, 6.45) is 1.50. The Bertz CT molecular complexity index is 1350. The minimum atomic E-state index is -0.981. The summed E-state index contributed by atoms with van der Waals surface area (Å²) in [5.74, 6) is -1.18. The smallest absolute Gasteiger partial charge is 0.303 e. The zero-order chi connectivity index (χ0) is 23.9. The first kappa shape index (κ1) is 21.4. The Morgan fingerprint density at radius 2 is 1.77 bits per heavy atom. The van der Waals surface area contributed by atoms with Crippen molar-refractivity contribution in [2.75, 3.05) is 17.3 Å². The molecule has 3 aliphatic rings. The van der Waals surface area contributed by atoms with E-state index in [0.717, 1.165) is 41.1 Å². The van der Waals surface area contributed by atoms with Crippen LogP contribution >= 0.6 is 0 Å². The molecule has 0 fully saturated rings. The highest BCUT2D eigenvalue weighted by Crippen LogP contribution is 2.45. The Morgan fingerprint density at radius 3 is 2.60 bits per heavy atom. The molecule has 6 rings (SSSR count). The standard InChI is InChI=1S/C28H26N4O3/c33-25(12-13-26(34)35)32-28(20-8-11-23-24(15-20)30-16-29-23)22-10-7-19-14-18(17-4-2-1-3-5-17)6-9-21(19)27(22)31-32/h1-6,8-9,11,14-15,22,28-30H,7,10,12-13,16H2,(H,34,35). The van der Waals surface area contributed by atoms with Crippen molar-refractivity contribution in [1.29, 1.82) is 0 Å². The first-order chi connectivity index (χ1) is 17.1. The van der Waals surface area contributed by atoms with Gasteiger partial charge in [0.2, 0.25) is 5.91 Å².